The van der Waals surface area contributed by atoms with Crippen LogP contribution in [-0.2, 0) is 30.2 Å². The van der Waals surface area contributed by atoms with Crippen LogP contribution in [0.15, 0.2) is 18.2 Å². The quantitative estimate of drug-likeness (QED) is 0.335. The van der Waals surface area contributed by atoms with Crippen molar-refractivity contribution in [3.8, 4) is 5.75 Å². The molecule has 2 aliphatic rings. The Morgan fingerprint density at radius 1 is 1.24 bits per heavy atom. The number of benzene rings is 1. The van der Waals surface area contributed by atoms with Gasteiger partial charge < -0.3 is 29.2 Å². The highest BCUT2D eigenvalue weighted by Crippen LogP contribution is 2.31. The van der Waals surface area contributed by atoms with E-state index in [9.17, 15) is 28.2 Å². The van der Waals surface area contributed by atoms with Crippen LogP contribution in [0.4, 0.5) is 8.78 Å². The highest BCUT2D eigenvalue weighted by Gasteiger charge is 2.39. The minimum absolute atomic E-state index is 0.00287. The van der Waals surface area contributed by atoms with Crippen molar-refractivity contribution in [2.75, 3.05) is 20.0 Å². The molecule has 1 amide bonds. The van der Waals surface area contributed by atoms with Crippen molar-refractivity contribution >= 4 is 25.0 Å². The topological polar surface area (TPSA) is 120 Å². The van der Waals surface area contributed by atoms with E-state index in [-0.39, 0.29) is 30.1 Å². The molecule has 0 aliphatic carbocycles. The lowest BCUT2D eigenvalue weighted by molar-refractivity contribution is -0.154. The van der Waals surface area contributed by atoms with Gasteiger partial charge in [-0.25, -0.2) is 13.6 Å². The van der Waals surface area contributed by atoms with Crippen LogP contribution in [0.25, 0.3) is 0 Å². The van der Waals surface area contributed by atoms with Crippen LogP contribution >= 0.6 is 0 Å². The number of carbonyl (C=O) groups is 3. The summed E-state index contributed by atoms with van der Waals surface area (Å²) in [5.41, 5.74) is 0.469. The molecule has 0 saturated carbocycles. The number of ether oxygens (including phenoxy) is 3. The third-order valence-corrected chi connectivity index (χ3v) is 5.36. The van der Waals surface area contributed by atoms with Crippen molar-refractivity contribution in [2.24, 2.45) is 5.92 Å². The summed E-state index contributed by atoms with van der Waals surface area (Å²) in [6, 6.07) is 4.57. The molecule has 1 saturated heterocycles. The van der Waals surface area contributed by atoms with E-state index in [0.29, 0.717) is 25.7 Å². The predicted octanol–water partition coefficient (Wildman–Crippen LogP) is 1.65. The van der Waals surface area contributed by atoms with Crippen LogP contribution in [0.2, 0.25) is 0 Å². The highest BCUT2D eigenvalue weighted by molar-refractivity contribution is 6.47. The first kappa shape index (κ1) is 24.9. The number of alkyl halides is 2. The van der Waals surface area contributed by atoms with Gasteiger partial charge in [-0.2, -0.15) is 0 Å². The van der Waals surface area contributed by atoms with Gasteiger partial charge in [0, 0.05) is 19.6 Å². The Kier molecular flexibility index (Phi) is 8.25. The van der Waals surface area contributed by atoms with Crippen molar-refractivity contribution in [1.82, 2.24) is 5.32 Å². The van der Waals surface area contributed by atoms with E-state index in [2.05, 4.69) is 5.32 Å². The van der Waals surface area contributed by atoms with Crippen molar-refractivity contribution in [2.45, 2.75) is 50.9 Å². The average Bonchev–Trinajstić information content (AvgIpc) is 2.73. The Bertz CT molecular complexity index is 872. The van der Waals surface area contributed by atoms with Gasteiger partial charge >= 0.3 is 19.1 Å². The smallest absolute Gasteiger partial charge is 0.534 e. The van der Waals surface area contributed by atoms with Crippen LogP contribution in [0.1, 0.15) is 48.5 Å². The van der Waals surface area contributed by atoms with Crippen LogP contribution < -0.4 is 9.97 Å². The second kappa shape index (κ2) is 10.9. The molecule has 1 fully saturated rings. The fourth-order valence-electron chi connectivity index (χ4n) is 3.72. The van der Waals surface area contributed by atoms with E-state index in [1.54, 1.807) is 12.1 Å². The molecule has 1 aromatic carbocycles. The Morgan fingerprint density at radius 3 is 2.67 bits per heavy atom. The SMILES string of the molecule is CC(F)(F)CC(=O)N[C@H]1Cc2cccc(C(=O)OCOC(=O)CC3CCOCC3)c2OB1O. The molecule has 1 aromatic rings. The summed E-state index contributed by atoms with van der Waals surface area (Å²) >= 11 is 0. The summed E-state index contributed by atoms with van der Waals surface area (Å²) in [4.78, 5) is 36.2. The largest absolute Gasteiger partial charge is 0.547 e. The molecule has 180 valence electrons. The molecule has 2 heterocycles. The molecule has 0 radical (unpaired) electrons. The average molecular weight is 469 g/mol. The molecule has 0 unspecified atom stereocenters. The molecule has 2 aliphatic heterocycles. The van der Waals surface area contributed by atoms with Gasteiger partial charge in [-0.15, -0.1) is 0 Å². The van der Waals surface area contributed by atoms with Gasteiger partial charge in [0.05, 0.1) is 12.4 Å². The fourth-order valence-corrected chi connectivity index (χ4v) is 3.72. The minimum Gasteiger partial charge on any atom is -0.534 e. The summed E-state index contributed by atoms with van der Waals surface area (Å²) in [5, 5.41) is 12.5. The molecule has 1 atom stereocenters. The number of halogens is 2. The third kappa shape index (κ3) is 7.39. The first-order valence-corrected chi connectivity index (χ1v) is 10.7. The molecule has 9 nitrogen and oxygen atoms in total. The Morgan fingerprint density at radius 2 is 1.97 bits per heavy atom. The van der Waals surface area contributed by atoms with Gasteiger partial charge in [0.25, 0.3) is 5.92 Å². The van der Waals surface area contributed by atoms with E-state index in [0.717, 1.165) is 12.8 Å². The van der Waals surface area contributed by atoms with Crippen LogP contribution in [0, 0.1) is 5.92 Å². The number of fused-ring (bicyclic) bond motifs is 1. The number of amides is 1. The Hall–Kier alpha value is -2.73. The molecular weight excluding hydrogens is 443 g/mol. The maximum Gasteiger partial charge on any atom is 0.547 e. The number of para-hydroxylation sites is 1. The lowest BCUT2D eigenvalue weighted by atomic mass is 9.72. The predicted molar refractivity (Wildman–Crippen MR) is 110 cm³/mol. The zero-order chi connectivity index (χ0) is 24.0. The summed E-state index contributed by atoms with van der Waals surface area (Å²) in [7, 11) is -1.56. The Labute approximate surface area is 189 Å². The lowest BCUT2D eigenvalue weighted by Crippen LogP contribution is -2.53. The van der Waals surface area contributed by atoms with Gasteiger partial charge in [0.1, 0.15) is 11.3 Å². The molecule has 0 spiro atoms. The molecule has 33 heavy (non-hydrogen) atoms. The standard InChI is InChI=1S/C21H26BF2NO8/c1-21(23,24)11-17(26)25-16-10-14-3-2-4-15(19(14)33-22(16)29)20(28)32-12-31-18(27)9-13-5-7-30-8-6-13/h2-4,13,16,29H,5-12H2,1H3,(H,25,26)/t16-/m0/s1. The van der Waals surface area contributed by atoms with Crippen LogP contribution in [0.3, 0.4) is 0 Å². The highest BCUT2D eigenvalue weighted by atomic mass is 19.3. The van der Waals surface area contributed by atoms with Crippen molar-refractivity contribution < 1.29 is 47.1 Å². The van der Waals surface area contributed by atoms with E-state index < -0.39 is 50.0 Å². The molecule has 0 aromatic heterocycles. The summed E-state index contributed by atoms with van der Waals surface area (Å²) < 4.78 is 46.7. The van der Waals surface area contributed by atoms with Crippen molar-refractivity contribution in [3.05, 3.63) is 29.3 Å². The summed E-state index contributed by atoms with van der Waals surface area (Å²) in [6.45, 7) is 1.26. The molecular formula is C21H26BF2NO8. The van der Waals surface area contributed by atoms with Crippen molar-refractivity contribution in [1.29, 1.82) is 0 Å². The fraction of sp³-hybridized carbons (Fsp3) is 0.571. The van der Waals surface area contributed by atoms with E-state index >= 15 is 0 Å². The van der Waals surface area contributed by atoms with E-state index in [1.807, 2.05) is 0 Å². The number of nitrogens with one attached hydrogen (secondary N) is 1. The molecule has 3 rings (SSSR count). The minimum atomic E-state index is -3.19. The lowest BCUT2D eigenvalue weighted by Gasteiger charge is -2.29. The van der Waals surface area contributed by atoms with Crippen LogP contribution in [0.5, 0.6) is 5.75 Å². The second-order valence-corrected chi connectivity index (χ2v) is 8.25. The monoisotopic (exact) mass is 469 g/mol. The normalized spacial score (nSPS) is 18.7. The second-order valence-electron chi connectivity index (χ2n) is 8.25. The number of rotatable bonds is 8. The maximum absolute atomic E-state index is 13.0. The zero-order valence-electron chi connectivity index (χ0n) is 18.2. The first-order chi connectivity index (χ1) is 15.6. The summed E-state index contributed by atoms with van der Waals surface area (Å²) in [5.74, 6) is -6.17. The molecule has 0 bridgehead atoms. The van der Waals surface area contributed by atoms with Crippen molar-refractivity contribution in [3.63, 3.8) is 0 Å². The van der Waals surface area contributed by atoms with Gasteiger partial charge in [-0.1, -0.05) is 12.1 Å². The van der Waals surface area contributed by atoms with E-state index in [1.165, 1.54) is 6.07 Å². The number of esters is 2. The number of hydrogen-bond acceptors (Lipinski definition) is 8. The maximum atomic E-state index is 13.0. The Balaban J connectivity index is 1.54. The number of carbonyl (C=O) groups excluding carboxylic acids is 3. The van der Waals surface area contributed by atoms with E-state index in [4.69, 9.17) is 18.9 Å². The van der Waals surface area contributed by atoms with Gasteiger partial charge in [-0.05, 0) is 43.7 Å². The summed E-state index contributed by atoms with van der Waals surface area (Å²) in [6.07, 6.45) is 0.787. The van der Waals surface area contributed by atoms with Gasteiger partial charge in [0.2, 0.25) is 12.7 Å². The first-order valence-electron chi connectivity index (χ1n) is 10.7. The third-order valence-electron chi connectivity index (χ3n) is 5.36. The molecule has 12 heteroatoms. The van der Waals surface area contributed by atoms with Gasteiger partial charge in [0.15, 0.2) is 0 Å². The molecule has 2 N–H and O–H groups in total. The number of hydrogen-bond donors (Lipinski definition) is 2. The van der Waals surface area contributed by atoms with Gasteiger partial charge in [-0.3, -0.25) is 9.59 Å². The van der Waals surface area contributed by atoms with Crippen LogP contribution in [-0.4, -0.2) is 61.9 Å². The zero-order valence-corrected chi connectivity index (χ0v) is 18.2.